The Bertz CT molecular complexity index is 962. The van der Waals surface area contributed by atoms with Crippen LogP contribution in [0.25, 0.3) is 6.08 Å². The third-order valence-corrected chi connectivity index (χ3v) is 4.01. The van der Waals surface area contributed by atoms with Gasteiger partial charge >= 0.3 is 6.09 Å². The van der Waals surface area contributed by atoms with Crippen LogP contribution < -0.4 is 20.7 Å². The Kier molecular flexibility index (Phi) is 8.83. The van der Waals surface area contributed by atoms with Crippen LogP contribution in [0, 0.1) is 0 Å². The summed E-state index contributed by atoms with van der Waals surface area (Å²) >= 11 is 0. The molecular weight excluding hydrogens is 410 g/mol. The zero-order valence-electron chi connectivity index (χ0n) is 18.7. The Morgan fingerprint density at radius 1 is 0.938 bits per heavy atom. The summed E-state index contributed by atoms with van der Waals surface area (Å²) in [5, 5.41) is 8.02. The van der Waals surface area contributed by atoms with Crippen LogP contribution in [0.5, 0.6) is 5.75 Å². The molecule has 3 amide bonds. The molecule has 0 unspecified atom stereocenters. The number of carbonyl (C=O) groups is 3. The molecule has 0 saturated carbocycles. The lowest BCUT2D eigenvalue weighted by molar-refractivity contribution is -0.116. The second-order valence-electron chi connectivity index (χ2n) is 7.87. The first kappa shape index (κ1) is 24.5. The van der Waals surface area contributed by atoms with E-state index in [9.17, 15) is 14.4 Å². The number of alkyl carbamates (subject to hydrolysis) is 1. The van der Waals surface area contributed by atoms with Crippen molar-refractivity contribution in [2.45, 2.75) is 32.8 Å². The van der Waals surface area contributed by atoms with E-state index in [-0.39, 0.29) is 24.8 Å². The van der Waals surface area contributed by atoms with Gasteiger partial charge in [0.25, 0.3) is 0 Å². The number of benzene rings is 2. The van der Waals surface area contributed by atoms with Crippen molar-refractivity contribution < 1.29 is 23.9 Å². The molecule has 0 bridgehead atoms. The first-order valence-electron chi connectivity index (χ1n) is 10.1. The molecule has 0 aliphatic rings. The van der Waals surface area contributed by atoms with Crippen LogP contribution in [0.4, 0.5) is 16.2 Å². The number of nitrogens with one attached hydrogen (secondary N) is 3. The highest BCUT2D eigenvalue weighted by molar-refractivity contribution is 6.02. The van der Waals surface area contributed by atoms with E-state index in [2.05, 4.69) is 16.0 Å². The summed E-state index contributed by atoms with van der Waals surface area (Å²) in [7, 11) is 1.57. The number of anilines is 2. The van der Waals surface area contributed by atoms with Gasteiger partial charge in [-0.05, 0) is 57.2 Å². The number of hydrogen-bond acceptors (Lipinski definition) is 5. The highest BCUT2D eigenvalue weighted by Crippen LogP contribution is 2.19. The normalized spacial score (nSPS) is 11.0. The van der Waals surface area contributed by atoms with E-state index in [1.165, 1.54) is 6.08 Å². The zero-order valence-corrected chi connectivity index (χ0v) is 18.7. The Balaban J connectivity index is 1.79. The molecule has 2 aromatic rings. The Morgan fingerprint density at radius 2 is 1.56 bits per heavy atom. The van der Waals surface area contributed by atoms with Gasteiger partial charge in [0.2, 0.25) is 11.8 Å². The fraction of sp³-hybridized carbons (Fsp3) is 0.292. The van der Waals surface area contributed by atoms with Gasteiger partial charge in [-0.25, -0.2) is 4.79 Å². The lowest BCUT2D eigenvalue weighted by Crippen LogP contribution is -2.34. The maximum atomic E-state index is 12.2. The Hall–Kier alpha value is -3.81. The molecule has 0 fully saturated rings. The number of hydrogen-bond donors (Lipinski definition) is 3. The van der Waals surface area contributed by atoms with Crippen molar-refractivity contribution in [2.75, 3.05) is 24.3 Å². The van der Waals surface area contributed by atoms with Crippen molar-refractivity contribution in [3.05, 3.63) is 60.2 Å². The maximum absolute atomic E-state index is 12.2. The largest absolute Gasteiger partial charge is 0.496 e. The van der Waals surface area contributed by atoms with Crippen LogP contribution in [0.1, 0.15) is 32.8 Å². The van der Waals surface area contributed by atoms with Gasteiger partial charge in [0.1, 0.15) is 11.4 Å². The summed E-state index contributed by atoms with van der Waals surface area (Å²) < 4.78 is 10.4. The summed E-state index contributed by atoms with van der Waals surface area (Å²) in [6.07, 6.45) is 2.63. The van der Waals surface area contributed by atoms with Crippen LogP contribution in [-0.2, 0) is 14.3 Å². The lowest BCUT2D eigenvalue weighted by Gasteiger charge is -2.19. The van der Waals surface area contributed by atoms with E-state index in [0.717, 1.165) is 5.56 Å². The molecule has 0 aliphatic carbocycles. The summed E-state index contributed by atoms with van der Waals surface area (Å²) in [5.41, 5.74) is 1.37. The van der Waals surface area contributed by atoms with Crippen LogP contribution >= 0.6 is 0 Å². The van der Waals surface area contributed by atoms with E-state index in [4.69, 9.17) is 9.47 Å². The van der Waals surface area contributed by atoms with Gasteiger partial charge in [-0.3, -0.25) is 9.59 Å². The molecule has 8 heteroatoms. The Labute approximate surface area is 188 Å². The van der Waals surface area contributed by atoms with Crippen LogP contribution in [0.2, 0.25) is 0 Å². The number of carbonyl (C=O) groups excluding carboxylic acids is 3. The summed E-state index contributed by atoms with van der Waals surface area (Å²) in [5.74, 6) is 0.136. The minimum atomic E-state index is -0.590. The zero-order chi connectivity index (χ0) is 23.6. The third-order valence-electron chi connectivity index (χ3n) is 4.01. The van der Waals surface area contributed by atoms with Crippen molar-refractivity contribution in [3.8, 4) is 5.75 Å². The average molecular weight is 440 g/mol. The molecule has 0 atom stereocenters. The summed E-state index contributed by atoms with van der Waals surface area (Å²) in [6, 6.07) is 14.1. The third kappa shape index (κ3) is 8.91. The number of amides is 3. The molecule has 0 radical (unpaired) electrons. The Morgan fingerprint density at radius 3 is 2.19 bits per heavy atom. The SMILES string of the molecule is COc1ccccc1/C=C/C(=O)Nc1ccc(NC(=O)CCNC(=O)OC(C)(C)C)cc1. The van der Waals surface area contributed by atoms with Gasteiger partial charge in [-0.15, -0.1) is 0 Å². The van der Waals surface area contributed by atoms with Crippen LogP contribution in [-0.4, -0.2) is 37.2 Å². The molecule has 0 aromatic heterocycles. The fourth-order valence-electron chi connectivity index (χ4n) is 2.61. The van der Waals surface area contributed by atoms with E-state index in [0.29, 0.717) is 17.1 Å². The summed E-state index contributed by atoms with van der Waals surface area (Å²) in [4.78, 5) is 35.7. The molecule has 2 aromatic carbocycles. The summed E-state index contributed by atoms with van der Waals surface area (Å²) in [6.45, 7) is 5.46. The lowest BCUT2D eigenvalue weighted by atomic mass is 10.2. The number of rotatable bonds is 8. The van der Waals surface area contributed by atoms with Crippen molar-refractivity contribution in [2.24, 2.45) is 0 Å². The highest BCUT2D eigenvalue weighted by Gasteiger charge is 2.15. The minimum Gasteiger partial charge on any atom is -0.496 e. The average Bonchev–Trinajstić information content (AvgIpc) is 2.72. The molecule has 0 heterocycles. The van der Waals surface area contributed by atoms with Gasteiger partial charge in [-0.1, -0.05) is 18.2 Å². The van der Waals surface area contributed by atoms with Crippen molar-refractivity contribution in [1.82, 2.24) is 5.32 Å². The van der Waals surface area contributed by atoms with E-state index >= 15 is 0 Å². The van der Waals surface area contributed by atoms with Crippen molar-refractivity contribution >= 4 is 35.4 Å². The fourth-order valence-corrected chi connectivity index (χ4v) is 2.61. The number of methoxy groups -OCH3 is 1. The molecule has 0 saturated heterocycles. The minimum absolute atomic E-state index is 0.103. The smallest absolute Gasteiger partial charge is 0.407 e. The monoisotopic (exact) mass is 439 g/mol. The van der Waals surface area contributed by atoms with Crippen molar-refractivity contribution in [1.29, 1.82) is 0 Å². The molecule has 0 aliphatic heterocycles. The number of ether oxygens (including phenoxy) is 2. The maximum Gasteiger partial charge on any atom is 0.407 e. The van der Waals surface area contributed by atoms with Crippen LogP contribution in [0.15, 0.2) is 54.6 Å². The number of para-hydroxylation sites is 1. The predicted molar refractivity (Wildman–Crippen MR) is 125 cm³/mol. The quantitative estimate of drug-likeness (QED) is 0.535. The predicted octanol–water partition coefficient (Wildman–Crippen LogP) is 4.20. The molecule has 2 rings (SSSR count). The molecule has 8 nitrogen and oxygen atoms in total. The topological polar surface area (TPSA) is 106 Å². The van der Waals surface area contributed by atoms with Crippen molar-refractivity contribution in [3.63, 3.8) is 0 Å². The van der Waals surface area contributed by atoms with Gasteiger partial charge in [0, 0.05) is 36.0 Å². The van der Waals surface area contributed by atoms with Crippen LogP contribution in [0.3, 0.4) is 0 Å². The van der Waals surface area contributed by atoms with Gasteiger partial charge < -0.3 is 25.4 Å². The first-order chi connectivity index (χ1) is 15.2. The van der Waals surface area contributed by atoms with E-state index in [1.54, 1.807) is 58.2 Å². The molecule has 0 spiro atoms. The van der Waals surface area contributed by atoms with E-state index < -0.39 is 11.7 Å². The second kappa shape index (κ2) is 11.5. The van der Waals surface area contributed by atoms with Gasteiger partial charge in [0.05, 0.1) is 7.11 Å². The standard InChI is InChI=1S/C24H29N3O5/c1-24(2,3)32-23(30)25-16-15-22(29)27-19-12-10-18(11-13-19)26-21(28)14-9-17-7-5-6-8-20(17)31-4/h5-14H,15-16H2,1-4H3,(H,25,30)(H,26,28)(H,27,29)/b14-9+. The van der Waals surface area contributed by atoms with E-state index in [1.807, 2.05) is 24.3 Å². The van der Waals surface area contributed by atoms with Gasteiger partial charge in [-0.2, -0.15) is 0 Å². The second-order valence-corrected chi connectivity index (χ2v) is 7.87. The van der Waals surface area contributed by atoms with Gasteiger partial charge in [0.15, 0.2) is 0 Å². The highest BCUT2D eigenvalue weighted by atomic mass is 16.6. The molecular formula is C24H29N3O5. The molecule has 32 heavy (non-hydrogen) atoms. The molecule has 3 N–H and O–H groups in total. The first-order valence-corrected chi connectivity index (χ1v) is 10.1. The molecule has 170 valence electrons.